The van der Waals surface area contributed by atoms with Gasteiger partial charge in [-0.15, -0.1) is 0 Å². The SMILES string of the molecule is CC(C)(CCc1cnccn1)OC(N)=O. The van der Waals surface area contributed by atoms with Gasteiger partial charge in [0.15, 0.2) is 0 Å². The number of amides is 1. The summed E-state index contributed by atoms with van der Waals surface area (Å²) >= 11 is 0. The van der Waals surface area contributed by atoms with E-state index in [1.54, 1.807) is 18.6 Å². The molecular weight excluding hydrogens is 194 g/mol. The van der Waals surface area contributed by atoms with Crippen LogP contribution < -0.4 is 5.73 Å². The Morgan fingerprint density at radius 1 is 1.53 bits per heavy atom. The van der Waals surface area contributed by atoms with E-state index in [4.69, 9.17) is 10.5 Å². The second-order valence-electron chi connectivity index (χ2n) is 3.88. The van der Waals surface area contributed by atoms with Crippen LogP contribution in [-0.2, 0) is 11.2 Å². The van der Waals surface area contributed by atoms with Crippen molar-refractivity contribution in [3.63, 3.8) is 0 Å². The van der Waals surface area contributed by atoms with Crippen molar-refractivity contribution in [3.8, 4) is 0 Å². The summed E-state index contributed by atoms with van der Waals surface area (Å²) in [5.74, 6) is 0. The fraction of sp³-hybridized carbons (Fsp3) is 0.500. The molecule has 2 N–H and O–H groups in total. The molecule has 0 saturated heterocycles. The van der Waals surface area contributed by atoms with Crippen molar-refractivity contribution < 1.29 is 9.53 Å². The molecule has 0 unspecified atom stereocenters. The molecule has 1 heterocycles. The van der Waals surface area contributed by atoms with Crippen LogP contribution in [0, 0.1) is 0 Å². The van der Waals surface area contributed by atoms with Gasteiger partial charge in [-0.2, -0.15) is 0 Å². The summed E-state index contributed by atoms with van der Waals surface area (Å²) in [6, 6.07) is 0. The molecule has 15 heavy (non-hydrogen) atoms. The van der Waals surface area contributed by atoms with Gasteiger partial charge < -0.3 is 10.5 Å². The Kier molecular flexibility index (Phi) is 3.60. The highest BCUT2D eigenvalue weighted by atomic mass is 16.6. The number of hydrogen-bond acceptors (Lipinski definition) is 4. The first kappa shape index (κ1) is 11.4. The Labute approximate surface area is 88.7 Å². The van der Waals surface area contributed by atoms with E-state index in [0.29, 0.717) is 12.8 Å². The van der Waals surface area contributed by atoms with Gasteiger partial charge in [0.05, 0.1) is 5.69 Å². The molecule has 82 valence electrons. The Bertz CT molecular complexity index is 325. The number of nitrogens with zero attached hydrogens (tertiary/aromatic N) is 2. The predicted molar refractivity (Wildman–Crippen MR) is 55.1 cm³/mol. The van der Waals surface area contributed by atoms with Gasteiger partial charge in [0.2, 0.25) is 0 Å². The van der Waals surface area contributed by atoms with Gasteiger partial charge in [0.25, 0.3) is 0 Å². The van der Waals surface area contributed by atoms with E-state index < -0.39 is 11.7 Å². The minimum atomic E-state index is -0.751. The predicted octanol–water partition coefficient (Wildman–Crippen LogP) is 1.28. The van der Waals surface area contributed by atoms with Crippen molar-refractivity contribution in [2.24, 2.45) is 5.73 Å². The summed E-state index contributed by atoms with van der Waals surface area (Å²) < 4.78 is 4.95. The van der Waals surface area contributed by atoms with Crippen LogP contribution in [0.25, 0.3) is 0 Å². The molecule has 1 aromatic rings. The van der Waals surface area contributed by atoms with Crippen LogP contribution in [0.3, 0.4) is 0 Å². The minimum Gasteiger partial charge on any atom is -0.444 e. The molecule has 0 radical (unpaired) electrons. The van der Waals surface area contributed by atoms with Gasteiger partial charge in [0.1, 0.15) is 5.60 Å². The molecule has 0 aliphatic carbocycles. The topological polar surface area (TPSA) is 78.1 Å². The Balaban J connectivity index is 2.46. The maximum absolute atomic E-state index is 10.6. The van der Waals surface area contributed by atoms with Gasteiger partial charge in [-0.25, -0.2) is 4.79 Å². The number of aryl methyl sites for hydroxylation is 1. The number of rotatable bonds is 4. The summed E-state index contributed by atoms with van der Waals surface area (Å²) in [5, 5.41) is 0. The third kappa shape index (κ3) is 4.39. The van der Waals surface area contributed by atoms with E-state index in [-0.39, 0.29) is 0 Å². The van der Waals surface area contributed by atoms with E-state index in [9.17, 15) is 4.79 Å². The highest BCUT2D eigenvalue weighted by Gasteiger charge is 2.21. The number of carbonyl (C=O) groups is 1. The molecule has 0 aliphatic rings. The first-order valence-corrected chi connectivity index (χ1v) is 4.73. The largest absolute Gasteiger partial charge is 0.444 e. The molecule has 0 spiro atoms. The van der Waals surface area contributed by atoms with Gasteiger partial charge in [-0.1, -0.05) is 0 Å². The molecular formula is C10H15N3O2. The monoisotopic (exact) mass is 209 g/mol. The van der Waals surface area contributed by atoms with Crippen LogP contribution in [0.5, 0.6) is 0 Å². The summed E-state index contributed by atoms with van der Waals surface area (Å²) in [6.07, 6.45) is 5.56. The number of carbonyl (C=O) groups excluding carboxylic acids is 1. The zero-order chi connectivity index (χ0) is 11.3. The molecule has 0 saturated carbocycles. The standard InChI is InChI=1S/C10H15N3O2/c1-10(2,15-9(11)14)4-3-8-7-12-5-6-13-8/h5-7H,3-4H2,1-2H3,(H2,11,14). The summed E-state index contributed by atoms with van der Waals surface area (Å²) in [4.78, 5) is 18.7. The van der Waals surface area contributed by atoms with E-state index in [2.05, 4.69) is 9.97 Å². The van der Waals surface area contributed by atoms with Crippen molar-refractivity contribution in [2.45, 2.75) is 32.3 Å². The van der Waals surface area contributed by atoms with Crippen LogP contribution in [0.2, 0.25) is 0 Å². The Morgan fingerprint density at radius 2 is 2.27 bits per heavy atom. The zero-order valence-corrected chi connectivity index (χ0v) is 8.93. The van der Waals surface area contributed by atoms with Crippen LogP contribution in [-0.4, -0.2) is 21.7 Å². The average Bonchev–Trinajstić information content (AvgIpc) is 2.15. The second kappa shape index (κ2) is 4.72. The molecule has 0 atom stereocenters. The molecule has 1 rings (SSSR count). The number of ether oxygens (including phenoxy) is 1. The van der Waals surface area contributed by atoms with Gasteiger partial charge in [-0.3, -0.25) is 9.97 Å². The fourth-order valence-electron chi connectivity index (χ4n) is 1.21. The summed E-state index contributed by atoms with van der Waals surface area (Å²) in [6.45, 7) is 3.63. The maximum atomic E-state index is 10.6. The quantitative estimate of drug-likeness (QED) is 0.810. The van der Waals surface area contributed by atoms with Crippen LogP contribution in [0.4, 0.5) is 4.79 Å². The Hall–Kier alpha value is -1.65. The molecule has 0 bridgehead atoms. The smallest absolute Gasteiger partial charge is 0.405 e. The van der Waals surface area contributed by atoms with Crippen molar-refractivity contribution in [1.29, 1.82) is 0 Å². The second-order valence-corrected chi connectivity index (χ2v) is 3.88. The highest BCUT2D eigenvalue weighted by molar-refractivity contribution is 5.65. The lowest BCUT2D eigenvalue weighted by Gasteiger charge is -2.23. The molecule has 1 amide bonds. The lowest BCUT2D eigenvalue weighted by atomic mass is 10.0. The lowest BCUT2D eigenvalue weighted by molar-refractivity contribution is 0.0392. The molecule has 0 fully saturated rings. The minimum absolute atomic E-state index is 0.566. The van der Waals surface area contributed by atoms with E-state index in [1.807, 2.05) is 13.8 Å². The third-order valence-corrected chi connectivity index (χ3v) is 1.98. The molecule has 0 aromatic carbocycles. The zero-order valence-electron chi connectivity index (χ0n) is 8.93. The first-order valence-electron chi connectivity index (χ1n) is 4.73. The maximum Gasteiger partial charge on any atom is 0.405 e. The van der Waals surface area contributed by atoms with E-state index in [0.717, 1.165) is 5.69 Å². The van der Waals surface area contributed by atoms with Gasteiger partial charge in [-0.05, 0) is 26.7 Å². The highest BCUT2D eigenvalue weighted by Crippen LogP contribution is 2.16. The van der Waals surface area contributed by atoms with Crippen molar-refractivity contribution in [1.82, 2.24) is 9.97 Å². The van der Waals surface area contributed by atoms with Crippen LogP contribution in [0.15, 0.2) is 18.6 Å². The number of primary amides is 1. The van der Waals surface area contributed by atoms with E-state index in [1.165, 1.54) is 0 Å². The summed E-state index contributed by atoms with van der Waals surface area (Å²) in [7, 11) is 0. The normalized spacial score (nSPS) is 11.1. The summed E-state index contributed by atoms with van der Waals surface area (Å²) in [5.41, 5.74) is 5.27. The van der Waals surface area contributed by atoms with E-state index >= 15 is 0 Å². The third-order valence-electron chi connectivity index (χ3n) is 1.98. The van der Waals surface area contributed by atoms with Crippen molar-refractivity contribution in [3.05, 3.63) is 24.3 Å². The van der Waals surface area contributed by atoms with Crippen molar-refractivity contribution >= 4 is 6.09 Å². The van der Waals surface area contributed by atoms with Gasteiger partial charge in [0, 0.05) is 18.6 Å². The first-order chi connectivity index (χ1) is 6.99. The Morgan fingerprint density at radius 3 is 2.80 bits per heavy atom. The average molecular weight is 209 g/mol. The van der Waals surface area contributed by atoms with Crippen LogP contribution >= 0.6 is 0 Å². The van der Waals surface area contributed by atoms with Crippen molar-refractivity contribution in [2.75, 3.05) is 0 Å². The molecule has 0 aliphatic heterocycles. The lowest BCUT2D eigenvalue weighted by Crippen LogP contribution is -2.31. The molecule has 1 aromatic heterocycles. The number of nitrogens with two attached hydrogens (primary N) is 1. The fourth-order valence-corrected chi connectivity index (χ4v) is 1.21. The number of hydrogen-bond donors (Lipinski definition) is 1. The molecule has 5 nitrogen and oxygen atoms in total. The number of aromatic nitrogens is 2. The molecule has 5 heteroatoms. The van der Waals surface area contributed by atoms with Gasteiger partial charge >= 0.3 is 6.09 Å². The van der Waals surface area contributed by atoms with Crippen LogP contribution in [0.1, 0.15) is 26.0 Å².